The molecule has 2 aromatic heterocycles. The van der Waals surface area contributed by atoms with Gasteiger partial charge in [-0.2, -0.15) is 0 Å². The topological polar surface area (TPSA) is 68.1 Å². The average Bonchev–Trinajstić information content (AvgIpc) is 3.02. The van der Waals surface area contributed by atoms with E-state index in [0.29, 0.717) is 10.9 Å². The van der Waals surface area contributed by atoms with Crippen LogP contribution in [0.1, 0.15) is 6.92 Å². The Kier molecular flexibility index (Phi) is 6.12. The van der Waals surface area contributed by atoms with Crippen LogP contribution in [0.5, 0.6) is 0 Å². The molecule has 1 atom stereocenters. The molecule has 0 N–H and O–H groups in total. The lowest BCUT2D eigenvalue weighted by atomic mass is 10.1. The summed E-state index contributed by atoms with van der Waals surface area (Å²) < 4.78 is 15.3. The number of benzene rings is 1. The van der Waals surface area contributed by atoms with Crippen molar-refractivity contribution in [1.82, 2.24) is 19.4 Å². The van der Waals surface area contributed by atoms with Crippen LogP contribution in [0.3, 0.4) is 0 Å². The predicted molar refractivity (Wildman–Crippen MR) is 111 cm³/mol. The Morgan fingerprint density at radius 3 is 2.24 bits per heavy atom. The summed E-state index contributed by atoms with van der Waals surface area (Å²) in [7, 11) is 5.06. The second kappa shape index (κ2) is 8.57. The fourth-order valence-electron chi connectivity index (χ4n) is 2.88. The van der Waals surface area contributed by atoms with Gasteiger partial charge < -0.3 is 9.47 Å². The summed E-state index contributed by atoms with van der Waals surface area (Å²) in [4.78, 5) is 34.7. The molecule has 2 heterocycles. The zero-order valence-corrected chi connectivity index (χ0v) is 17.4. The number of ketones is 1. The van der Waals surface area contributed by atoms with Gasteiger partial charge in [0.1, 0.15) is 11.1 Å². The highest BCUT2D eigenvalue weighted by Crippen LogP contribution is 2.36. The van der Waals surface area contributed by atoms with Gasteiger partial charge in [0.05, 0.1) is 11.4 Å². The summed E-state index contributed by atoms with van der Waals surface area (Å²) in [6, 6.07) is 9.77. The number of rotatable bonds is 6. The summed E-state index contributed by atoms with van der Waals surface area (Å²) in [6.45, 7) is 1.40. The Labute approximate surface area is 172 Å². The van der Waals surface area contributed by atoms with Crippen LogP contribution in [0, 0.1) is 5.82 Å². The number of imidazole rings is 1. The van der Waals surface area contributed by atoms with Crippen molar-refractivity contribution < 1.29 is 14.0 Å². The molecule has 0 aliphatic rings. The molecule has 0 aliphatic carbocycles. The Morgan fingerprint density at radius 1 is 1.07 bits per heavy atom. The average molecular weight is 412 g/mol. The van der Waals surface area contributed by atoms with E-state index in [9.17, 15) is 14.0 Å². The summed E-state index contributed by atoms with van der Waals surface area (Å²) in [6.07, 6.45) is 3.36. The molecule has 1 unspecified atom stereocenters. The van der Waals surface area contributed by atoms with Crippen molar-refractivity contribution in [2.75, 3.05) is 14.1 Å². The van der Waals surface area contributed by atoms with Gasteiger partial charge in [-0.15, -0.1) is 0 Å². The quantitative estimate of drug-likeness (QED) is 0.458. The fourth-order valence-corrected chi connectivity index (χ4v) is 3.96. The van der Waals surface area contributed by atoms with E-state index in [0.717, 1.165) is 28.6 Å². The number of pyridine rings is 1. The van der Waals surface area contributed by atoms with Gasteiger partial charge in [-0.05, 0) is 43.3 Å². The van der Waals surface area contributed by atoms with Crippen molar-refractivity contribution in [2.24, 2.45) is 7.05 Å². The molecule has 6 nitrogen and oxygen atoms in total. The first-order valence-corrected chi connectivity index (χ1v) is 9.79. The van der Waals surface area contributed by atoms with Gasteiger partial charge in [0.2, 0.25) is 5.91 Å². The predicted octanol–water partition coefficient (Wildman–Crippen LogP) is 3.43. The molecular formula is C21H21FN4O2S. The van der Waals surface area contributed by atoms with Gasteiger partial charge in [0.25, 0.3) is 0 Å². The van der Waals surface area contributed by atoms with Crippen molar-refractivity contribution in [1.29, 1.82) is 0 Å². The Morgan fingerprint density at radius 2 is 1.69 bits per heavy atom. The maximum absolute atomic E-state index is 13.4. The van der Waals surface area contributed by atoms with Crippen molar-refractivity contribution >= 4 is 23.5 Å². The molecule has 1 aromatic carbocycles. The standard InChI is InChI=1S/C21H21FN4O2S/c1-13(27)19(20(28)25(2)3)29-21-24-17(14-5-7-16(22)8-6-14)18(26(21)4)15-9-11-23-12-10-15/h5-12,19H,1-4H3. The van der Waals surface area contributed by atoms with Crippen LogP contribution in [0.25, 0.3) is 22.5 Å². The van der Waals surface area contributed by atoms with Crippen LogP contribution in [0.4, 0.5) is 4.39 Å². The van der Waals surface area contributed by atoms with Crippen LogP contribution in [0.15, 0.2) is 53.9 Å². The maximum atomic E-state index is 13.4. The molecule has 8 heteroatoms. The van der Waals surface area contributed by atoms with Gasteiger partial charge in [-0.1, -0.05) is 11.8 Å². The Balaban J connectivity index is 2.13. The number of hydrogen-bond acceptors (Lipinski definition) is 5. The maximum Gasteiger partial charge on any atom is 0.243 e. The minimum atomic E-state index is -0.891. The van der Waals surface area contributed by atoms with Crippen LogP contribution in [-0.4, -0.2) is 50.5 Å². The van der Waals surface area contributed by atoms with E-state index in [1.54, 1.807) is 38.6 Å². The van der Waals surface area contributed by atoms with E-state index in [1.807, 2.05) is 23.7 Å². The van der Waals surface area contributed by atoms with E-state index in [2.05, 4.69) is 4.98 Å². The fraction of sp³-hybridized carbons (Fsp3) is 0.238. The minimum absolute atomic E-state index is 0.245. The van der Waals surface area contributed by atoms with Gasteiger partial charge in [-0.3, -0.25) is 14.6 Å². The SMILES string of the molecule is CC(=O)C(Sc1nc(-c2ccc(F)cc2)c(-c2ccncc2)n1C)C(=O)N(C)C. The number of carbonyl (C=O) groups is 2. The Bertz CT molecular complexity index is 1030. The summed E-state index contributed by atoms with van der Waals surface area (Å²) in [5.74, 6) is -0.872. The van der Waals surface area contributed by atoms with E-state index in [-0.39, 0.29) is 17.5 Å². The zero-order chi connectivity index (χ0) is 21.1. The molecular weight excluding hydrogens is 391 g/mol. The number of carbonyl (C=O) groups excluding carboxylic acids is 2. The van der Waals surface area contributed by atoms with Gasteiger partial charge in [0.15, 0.2) is 10.9 Å². The van der Waals surface area contributed by atoms with Crippen LogP contribution < -0.4 is 0 Å². The molecule has 0 aliphatic heterocycles. The van der Waals surface area contributed by atoms with Crippen molar-refractivity contribution in [3.8, 4) is 22.5 Å². The van der Waals surface area contributed by atoms with Crippen molar-refractivity contribution in [3.63, 3.8) is 0 Å². The number of nitrogens with zero attached hydrogens (tertiary/aromatic N) is 4. The largest absolute Gasteiger partial charge is 0.347 e. The smallest absolute Gasteiger partial charge is 0.243 e. The molecule has 0 fully saturated rings. The Hall–Kier alpha value is -3.00. The lowest BCUT2D eigenvalue weighted by Crippen LogP contribution is -2.36. The number of Topliss-reactive ketones (excluding diaryl/α,β-unsaturated/α-hetero) is 1. The van der Waals surface area contributed by atoms with E-state index >= 15 is 0 Å². The number of amides is 1. The van der Waals surface area contributed by atoms with Crippen LogP contribution >= 0.6 is 11.8 Å². The lowest BCUT2D eigenvalue weighted by Gasteiger charge is -2.17. The molecule has 0 radical (unpaired) electrons. The highest BCUT2D eigenvalue weighted by atomic mass is 32.2. The lowest BCUT2D eigenvalue weighted by molar-refractivity contribution is -0.132. The third kappa shape index (κ3) is 4.37. The first-order valence-electron chi connectivity index (χ1n) is 8.91. The number of aromatic nitrogens is 3. The summed E-state index contributed by atoms with van der Waals surface area (Å²) in [5, 5.41) is -0.371. The monoisotopic (exact) mass is 412 g/mol. The third-order valence-electron chi connectivity index (χ3n) is 4.38. The summed E-state index contributed by atoms with van der Waals surface area (Å²) >= 11 is 1.11. The molecule has 3 aromatic rings. The van der Waals surface area contributed by atoms with Gasteiger partial charge in [-0.25, -0.2) is 9.37 Å². The highest BCUT2D eigenvalue weighted by molar-refractivity contribution is 8.01. The molecule has 0 bridgehead atoms. The second-order valence-electron chi connectivity index (χ2n) is 6.73. The molecule has 3 rings (SSSR count). The third-order valence-corrected chi connectivity index (χ3v) is 5.73. The first-order chi connectivity index (χ1) is 13.8. The molecule has 0 spiro atoms. The van der Waals surface area contributed by atoms with Crippen molar-refractivity contribution in [3.05, 3.63) is 54.6 Å². The number of halogens is 1. The molecule has 0 saturated carbocycles. The number of thioether (sulfide) groups is 1. The molecule has 150 valence electrons. The first kappa shape index (κ1) is 20.7. The van der Waals surface area contributed by atoms with E-state index < -0.39 is 5.25 Å². The van der Waals surface area contributed by atoms with Crippen LogP contribution in [0.2, 0.25) is 0 Å². The van der Waals surface area contributed by atoms with Crippen LogP contribution in [-0.2, 0) is 16.6 Å². The normalized spacial score (nSPS) is 11.9. The zero-order valence-electron chi connectivity index (χ0n) is 16.6. The highest BCUT2D eigenvalue weighted by Gasteiger charge is 2.29. The van der Waals surface area contributed by atoms with Gasteiger partial charge in [0, 0.05) is 44.7 Å². The van der Waals surface area contributed by atoms with Crippen molar-refractivity contribution in [2.45, 2.75) is 17.3 Å². The van der Waals surface area contributed by atoms with E-state index in [4.69, 9.17) is 4.98 Å². The molecule has 1 amide bonds. The second-order valence-corrected chi connectivity index (χ2v) is 7.81. The van der Waals surface area contributed by atoms with Gasteiger partial charge >= 0.3 is 0 Å². The summed E-state index contributed by atoms with van der Waals surface area (Å²) in [5.41, 5.74) is 3.04. The van der Waals surface area contributed by atoms with E-state index in [1.165, 1.54) is 24.0 Å². The molecule has 0 saturated heterocycles. The minimum Gasteiger partial charge on any atom is -0.347 e. The number of hydrogen-bond donors (Lipinski definition) is 0. The molecule has 29 heavy (non-hydrogen) atoms.